The molecule has 0 spiro atoms. The Balaban J connectivity index is 2.59. The summed E-state index contributed by atoms with van der Waals surface area (Å²) in [6, 6.07) is 12.8. The van der Waals surface area contributed by atoms with Gasteiger partial charge in [-0.25, -0.2) is 4.79 Å². The SMILES string of the molecule is C#Cc1ccccc1C(C(=O)Nc1ccccc1C)N(CCCCC)C(=O)C(CCSC)NC(=O)OC(C)(C)C. The van der Waals surface area contributed by atoms with Crippen LogP contribution in [0.4, 0.5) is 10.5 Å². The van der Waals surface area contributed by atoms with Crippen molar-refractivity contribution in [2.75, 3.05) is 23.9 Å². The summed E-state index contributed by atoms with van der Waals surface area (Å²) in [7, 11) is 0. The van der Waals surface area contributed by atoms with Crippen LogP contribution >= 0.6 is 11.8 Å². The van der Waals surface area contributed by atoms with E-state index in [2.05, 4.69) is 23.5 Å². The molecule has 0 aliphatic rings. The third kappa shape index (κ3) is 9.95. The first kappa shape index (κ1) is 32.8. The normalized spacial score (nSPS) is 12.5. The van der Waals surface area contributed by atoms with E-state index < -0.39 is 23.8 Å². The van der Waals surface area contributed by atoms with Crippen LogP contribution in [-0.4, -0.2) is 53.0 Å². The minimum atomic E-state index is -1.01. The summed E-state index contributed by atoms with van der Waals surface area (Å²) in [5, 5.41) is 5.80. The largest absolute Gasteiger partial charge is 0.444 e. The first-order valence-electron chi connectivity index (χ1n) is 13.7. The number of amides is 3. The van der Waals surface area contributed by atoms with Gasteiger partial charge in [-0.2, -0.15) is 11.8 Å². The molecule has 7 nitrogen and oxygen atoms in total. The van der Waals surface area contributed by atoms with Crippen LogP contribution in [0.2, 0.25) is 0 Å². The first-order valence-corrected chi connectivity index (χ1v) is 15.1. The molecule has 0 saturated carbocycles. The number of rotatable bonds is 13. The van der Waals surface area contributed by atoms with Gasteiger partial charge in [0, 0.05) is 17.8 Å². The van der Waals surface area contributed by atoms with Crippen molar-refractivity contribution in [1.82, 2.24) is 10.2 Å². The van der Waals surface area contributed by atoms with Crippen molar-refractivity contribution in [3.05, 3.63) is 65.2 Å². The van der Waals surface area contributed by atoms with Crippen LogP contribution in [0.1, 0.15) is 76.1 Å². The van der Waals surface area contributed by atoms with E-state index in [-0.39, 0.29) is 11.8 Å². The van der Waals surface area contributed by atoms with Gasteiger partial charge in [-0.1, -0.05) is 62.1 Å². The molecular weight excluding hydrogens is 522 g/mol. The Bertz CT molecular complexity index is 1190. The minimum absolute atomic E-state index is 0.323. The van der Waals surface area contributed by atoms with Crippen LogP contribution in [0.5, 0.6) is 0 Å². The quantitative estimate of drug-likeness (QED) is 0.219. The van der Waals surface area contributed by atoms with Gasteiger partial charge >= 0.3 is 6.09 Å². The molecule has 3 amide bonds. The summed E-state index contributed by atoms with van der Waals surface area (Å²) in [6.45, 7) is 9.62. The molecule has 0 aromatic heterocycles. The molecule has 0 saturated heterocycles. The number of hydrogen-bond acceptors (Lipinski definition) is 5. The monoisotopic (exact) mass is 565 g/mol. The van der Waals surface area contributed by atoms with E-state index in [1.54, 1.807) is 49.6 Å². The highest BCUT2D eigenvalue weighted by atomic mass is 32.2. The zero-order chi connectivity index (χ0) is 29.7. The Hall–Kier alpha value is -3.44. The Labute approximate surface area is 243 Å². The van der Waals surface area contributed by atoms with Gasteiger partial charge in [-0.3, -0.25) is 9.59 Å². The number of ether oxygens (including phenoxy) is 1. The van der Waals surface area contributed by atoms with Crippen molar-refractivity contribution >= 4 is 35.4 Å². The molecule has 0 aliphatic heterocycles. The number of hydrogen-bond donors (Lipinski definition) is 2. The third-order valence-corrected chi connectivity index (χ3v) is 6.90. The Morgan fingerprint density at radius 2 is 1.75 bits per heavy atom. The molecule has 2 aromatic rings. The maximum absolute atomic E-state index is 14.3. The van der Waals surface area contributed by atoms with Gasteiger partial charge in [0.25, 0.3) is 5.91 Å². The number of unbranched alkanes of at least 4 members (excludes halogenated alkanes) is 2. The number of anilines is 1. The highest BCUT2D eigenvalue weighted by Crippen LogP contribution is 2.28. The van der Waals surface area contributed by atoms with Crippen LogP contribution in [0.15, 0.2) is 48.5 Å². The lowest BCUT2D eigenvalue weighted by molar-refractivity contribution is -0.141. The highest BCUT2D eigenvalue weighted by molar-refractivity contribution is 7.98. The van der Waals surface area contributed by atoms with Gasteiger partial charge in [-0.05, 0) is 75.8 Å². The Morgan fingerprint density at radius 3 is 2.38 bits per heavy atom. The van der Waals surface area contributed by atoms with Crippen molar-refractivity contribution in [1.29, 1.82) is 0 Å². The van der Waals surface area contributed by atoms with E-state index in [0.29, 0.717) is 42.0 Å². The van der Waals surface area contributed by atoms with Crippen LogP contribution in [0.3, 0.4) is 0 Å². The van der Waals surface area contributed by atoms with Crippen LogP contribution in [0, 0.1) is 19.3 Å². The maximum Gasteiger partial charge on any atom is 0.408 e. The molecule has 40 heavy (non-hydrogen) atoms. The molecule has 0 fully saturated rings. The molecule has 2 N–H and O–H groups in total. The fourth-order valence-electron chi connectivity index (χ4n) is 4.27. The lowest BCUT2D eigenvalue weighted by Gasteiger charge is -2.35. The molecule has 0 aliphatic carbocycles. The van der Waals surface area contributed by atoms with Gasteiger partial charge in [0.05, 0.1) is 0 Å². The fraction of sp³-hybridized carbons (Fsp3) is 0.469. The van der Waals surface area contributed by atoms with E-state index in [1.807, 2.05) is 49.6 Å². The Kier molecular flexibility index (Phi) is 13.1. The zero-order valence-corrected chi connectivity index (χ0v) is 25.4. The van der Waals surface area contributed by atoms with E-state index in [9.17, 15) is 14.4 Å². The van der Waals surface area contributed by atoms with Gasteiger partial charge < -0.3 is 20.3 Å². The van der Waals surface area contributed by atoms with Crippen molar-refractivity contribution < 1.29 is 19.1 Å². The minimum Gasteiger partial charge on any atom is -0.444 e. The number of carbonyl (C=O) groups is 3. The Morgan fingerprint density at radius 1 is 1.07 bits per heavy atom. The number of nitrogens with zero attached hydrogens (tertiary/aromatic N) is 1. The second-order valence-corrected chi connectivity index (χ2v) is 11.6. The number of alkyl carbamates (subject to hydrolysis) is 1. The lowest BCUT2D eigenvalue weighted by atomic mass is 9.96. The van der Waals surface area contributed by atoms with Gasteiger partial charge in [0.1, 0.15) is 17.7 Å². The first-order chi connectivity index (χ1) is 19.0. The number of aryl methyl sites for hydroxylation is 1. The number of benzene rings is 2. The number of terminal acetylenes is 1. The van der Waals surface area contributed by atoms with Crippen molar-refractivity contribution in [3.63, 3.8) is 0 Å². The van der Waals surface area contributed by atoms with E-state index in [0.717, 1.165) is 18.4 Å². The van der Waals surface area contributed by atoms with Crippen LogP contribution in [-0.2, 0) is 14.3 Å². The van der Waals surface area contributed by atoms with E-state index in [4.69, 9.17) is 11.2 Å². The highest BCUT2D eigenvalue weighted by Gasteiger charge is 2.37. The summed E-state index contributed by atoms with van der Waals surface area (Å²) < 4.78 is 5.46. The second kappa shape index (κ2) is 16.0. The average Bonchev–Trinajstić information content (AvgIpc) is 2.90. The zero-order valence-electron chi connectivity index (χ0n) is 24.6. The smallest absolute Gasteiger partial charge is 0.408 e. The van der Waals surface area contributed by atoms with Crippen LogP contribution < -0.4 is 10.6 Å². The molecule has 216 valence electrons. The lowest BCUT2D eigenvalue weighted by Crippen LogP contribution is -2.53. The van der Waals surface area contributed by atoms with E-state index in [1.165, 1.54) is 0 Å². The summed E-state index contributed by atoms with van der Waals surface area (Å²) in [5.74, 6) is 2.59. The molecule has 2 atom stereocenters. The third-order valence-electron chi connectivity index (χ3n) is 6.26. The van der Waals surface area contributed by atoms with E-state index >= 15 is 0 Å². The molecule has 0 radical (unpaired) electrons. The van der Waals surface area contributed by atoms with Crippen molar-refractivity contribution in [3.8, 4) is 12.3 Å². The summed E-state index contributed by atoms with van der Waals surface area (Å²) >= 11 is 1.57. The molecule has 2 aromatic carbocycles. The van der Waals surface area contributed by atoms with Gasteiger partial charge in [0.2, 0.25) is 5.91 Å². The molecule has 0 bridgehead atoms. The molecular formula is C32H43N3O4S. The number of para-hydroxylation sites is 1. The summed E-state index contributed by atoms with van der Waals surface area (Å²) in [4.78, 5) is 42.7. The topological polar surface area (TPSA) is 87.7 Å². The maximum atomic E-state index is 14.3. The number of thioether (sulfide) groups is 1. The molecule has 8 heteroatoms. The fourth-order valence-corrected chi connectivity index (χ4v) is 4.74. The average molecular weight is 566 g/mol. The molecule has 2 rings (SSSR count). The standard InChI is InChI=1S/C32H43N3O4S/c1-8-10-15-21-35(30(37)27(20-22-40-7)34-31(38)39-32(4,5)6)28(25-18-13-12-17-24(25)9-2)29(36)33-26-19-14-11-16-23(26)3/h2,11-14,16-19,27-28H,8,10,15,20-22H2,1,3-7H3,(H,33,36)(H,34,38). The van der Waals surface area contributed by atoms with Crippen molar-refractivity contribution in [2.24, 2.45) is 0 Å². The number of nitrogens with one attached hydrogen (secondary N) is 2. The van der Waals surface area contributed by atoms with Gasteiger partial charge in [-0.15, -0.1) is 6.42 Å². The van der Waals surface area contributed by atoms with Crippen molar-refractivity contribution in [2.45, 2.75) is 78.0 Å². The van der Waals surface area contributed by atoms with Gasteiger partial charge in [0.15, 0.2) is 0 Å². The predicted octanol–water partition coefficient (Wildman–Crippen LogP) is 6.32. The van der Waals surface area contributed by atoms with Crippen LogP contribution in [0.25, 0.3) is 0 Å². The summed E-state index contributed by atoms with van der Waals surface area (Å²) in [6.07, 6.45) is 10.0. The molecule has 2 unspecified atom stereocenters. The molecule has 0 heterocycles. The predicted molar refractivity (Wildman–Crippen MR) is 164 cm³/mol. The second-order valence-electron chi connectivity index (χ2n) is 10.7. The summed E-state index contributed by atoms with van der Waals surface area (Å²) in [5.41, 5.74) is 1.92. The number of carbonyl (C=O) groups excluding carboxylic acids is 3.